The average molecular weight is 391 g/mol. The summed E-state index contributed by atoms with van der Waals surface area (Å²) in [5, 5.41) is 14.5. The second-order valence-electron chi connectivity index (χ2n) is 5.73. The Labute approximate surface area is 164 Å². The van der Waals surface area contributed by atoms with E-state index in [9.17, 15) is 10.1 Å². The van der Waals surface area contributed by atoms with Gasteiger partial charge in [0.05, 0.1) is 34.8 Å². The minimum absolute atomic E-state index is 0.277. The maximum Gasteiger partial charge on any atom is 0.336 e. The summed E-state index contributed by atoms with van der Waals surface area (Å²) in [6.07, 6.45) is 1.56. The Bertz CT molecular complexity index is 780. The Kier molecular flexibility index (Phi) is 7.62. The van der Waals surface area contributed by atoms with Crippen LogP contribution in [0.4, 0.5) is 0 Å². The first-order valence-electron chi connectivity index (χ1n) is 8.77. The molecule has 1 aliphatic rings. The number of nitrogens with zero attached hydrogens (tertiary/aromatic N) is 1. The van der Waals surface area contributed by atoms with Crippen molar-refractivity contribution < 1.29 is 9.53 Å². The number of dihydropyridines is 1. The lowest BCUT2D eigenvalue weighted by molar-refractivity contribution is -0.138. The molecule has 138 valence electrons. The Morgan fingerprint density at radius 1 is 1.35 bits per heavy atom. The van der Waals surface area contributed by atoms with Gasteiger partial charge in [0.15, 0.2) is 0 Å². The molecule has 1 aromatic rings. The molecule has 1 atom stereocenters. The van der Waals surface area contributed by atoms with E-state index in [-0.39, 0.29) is 6.61 Å². The minimum Gasteiger partial charge on any atom is -0.463 e. The first-order valence-corrected chi connectivity index (χ1v) is 10.1. The van der Waals surface area contributed by atoms with E-state index in [1.807, 2.05) is 25.1 Å². The molecular weight excluding hydrogens is 368 g/mol. The van der Waals surface area contributed by atoms with Gasteiger partial charge >= 0.3 is 5.97 Å². The molecule has 0 radical (unpaired) electrons. The molecule has 0 unspecified atom stereocenters. The number of thioether (sulfide) groups is 1. The van der Waals surface area contributed by atoms with Crippen LogP contribution in [0.1, 0.15) is 45.1 Å². The molecule has 2 rings (SSSR count). The molecule has 0 aliphatic carbocycles. The van der Waals surface area contributed by atoms with Crippen LogP contribution in [-0.4, -0.2) is 18.3 Å². The lowest BCUT2D eigenvalue weighted by Crippen LogP contribution is -2.30. The van der Waals surface area contributed by atoms with Gasteiger partial charge in [-0.05, 0) is 30.7 Å². The number of benzene rings is 1. The largest absolute Gasteiger partial charge is 0.463 e. The van der Waals surface area contributed by atoms with E-state index in [2.05, 4.69) is 18.3 Å². The van der Waals surface area contributed by atoms with E-state index >= 15 is 0 Å². The van der Waals surface area contributed by atoms with E-state index in [4.69, 9.17) is 16.3 Å². The summed E-state index contributed by atoms with van der Waals surface area (Å²) in [4.78, 5) is 12.8. The molecule has 0 bridgehead atoms. The molecule has 0 fully saturated rings. The highest BCUT2D eigenvalue weighted by atomic mass is 35.5. The van der Waals surface area contributed by atoms with Crippen molar-refractivity contribution in [3.8, 4) is 6.07 Å². The van der Waals surface area contributed by atoms with Crippen molar-refractivity contribution in [3.05, 3.63) is 56.7 Å². The van der Waals surface area contributed by atoms with Crippen molar-refractivity contribution in [3.63, 3.8) is 0 Å². The molecule has 0 spiro atoms. The minimum atomic E-state index is -0.524. The van der Waals surface area contributed by atoms with Crippen molar-refractivity contribution in [1.29, 1.82) is 5.26 Å². The normalized spacial score (nSPS) is 17.0. The van der Waals surface area contributed by atoms with Crippen LogP contribution in [-0.2, 0) is 9.53 Å². The number of esters is 1. The second kappa shape index (κ2) is 9.70. The lowest BCUT2D eigenvalue weighted by atomic mass is 9.81. The summed E-state index contributed by atoms with van der Waals surface area (Å²) in [6.45, 7) is 6.14. The first kappa shape index (κ1) is 20.4. The van der Waals surface area contributed by atoms with Crippen LogP contribution < -0.4 is 5.32 Å². The number of carbonyl (C=O) groups is 1. The number of halogens is 1. The van der Waals surface area contributed by atoms with Gasteiger partial charge in [-0.3, -0.25) is 0 Å². The van der Waals surface area contributed by atoms with Gasteiger partial charge in [-0.15, -0.1) is 11.8 Å². The molecule has 1 N–H and O–H groups in total. The lowest BCUT2D eigenvalue weighted by Gasteiger charge is -2.31. The van der Waals surface area contributed by atoms with Gasteiger partial charge in [0.25, 0.3) is 0 Å². The zero-order valence-corrected chi connectivity index (χ0v) is 16.8. The van der Waals surface area contributed by atoms with Crippen LogP contribution in [0.25, 0.3) is 0 Å². The Morgan fingerprint density at radius 3 is 2.65 bits per heavy atom. The van der Waals surface area contributed by atoms with Gasteiger partial charge in [-0.25, -0.2) is 4.79 Å². The van der Waals surface area contributed by atoms with Crippen LogP contribution in [0.2, 0.25) is 5.02 Å². The zero-order valence-electron chi connectivity index (χ0n) is 15.3. The smallest absolute Gasteiger partial charge is 0.336 e. The van der Waals surface area contributed by atoms with E-state index in [0.717, 1.165) is 28.5 Å². The number of ether oxygens (including phenoxy) is 1. The van der Waals surface area contributed by atoms with E-state index in [1.165, 1.54) is 0 Å². The number of rotatable bonds is 7. The summed E-state index contributed by atoms with van der Waals surface area (Å²) < 4.78 is 5.32. The number of hydrogen-bond donors (Lipinski definition) is 1. The molecule has 1 heterocycles. The molecule has 0 amide bonds. The summed E-state index contributed by atoms with van der Waals surface area (Å²) in [6, 6.07) is 9.65. The predicted octanol–water partition coefficient (Wildman–Crippen LogP) is 5.13. The third-order valence-corrected chi connectivity index (χ3v) is 5.28. The molecule has 6 heteroatoms. The van der Waals surface area contributed by atoms with E-state index in [0.29, 0.717) is 22.6 Å². The molecule has 0 saturated heterocycles. The van der Waals surface area contributed by atoms with Crippen LogP contribution in [0.3, 0.4) is 0 Å². The maximum absolute atomic E-state index is 12.8. The van der Waals surface area contributed by atoms with Crippen molar-refractivity contribution >= 4 is 29.3 Å². The Balaban J connectivity index is 2.72. The van der Waals surface area contributed by atoms with Gasteiger partial charge in [0.2, 0.25) is 0 Å². The highest BCUT2D eigenvalue weighted by Gasteiger charge is 2.37. The fraction of sp³-hybridized carbons (Fsp3) is 0.400. The molecule has 0 saturated carbocycles. The maximum atomic E-state index is 12.8. The molecule has 1 aliphatic heterocycles. The first-order chi connectivity index (χ1) is 12.6. The fourth-order valence-electron chi connectivity index (χ4n) is 3.01. The van der Waals surface area contributed by atoms with Crippen molar-refractivity contribution in [2.45, 2.75) is 39.5 Å². The van der Waals surface area contributed by atoms with Crippen molar-refractivity contribution in [2.75, 3.05) is 12.4 Å². The second-order valence-corrected chi connectivity index (χ2v) is 7.41. The molecule has 26 heavy (non-hydrogen) atoms. The van der Waals surface area contributed by atoms with Gasteiger partial charge in [0, 0.05) is 10.7 Å². The zero-order chi connectivity index (χ0) is 19.1. The average Bonchev–Trinajstić information content (AvgIpc) is 2.62. The monoisotopic (exact) mass is 390 g/mol. The quantitative estimate of drug-likeness (QED) is 0.653. The molecular formula is C20H23ClN2O2S. The van der Waals surface area contributed by atoms with Crippen molar-refractivity contribution in [1.82, 2.24) is 5.32 Å². The third kappa shape index (κ3) is 4.25. The summed E-state index contributed by atoms with van der Waals surface area (Å²) in [5.41, 5.74) is 2.55. The SMILES string of the molecule is CCCC1=C(C(=O)OCC)[C@@H](c2ccccc2Cl)C(C#N)=C(SCC)N1. The topological polar surface area (TPSA) is 62.1 Å². The van der Waals surface area contributed by atoms with Gasteiger partial charge < -0.3 is 10.1 Å². The molecule has 4 nitrogen and oxygen atoms in total. The number of nitrogens with one attached hydrogen (secondary N) is 1. The summed E-state index contributed by atoms with van der Waals surface area (Å²) >= 11 is 8.01. The Morgan fingerprint density at radius 2 is 2.08 bits per heavy atom. The molecule has 0 aromatic heterocycles. The van der Waals surface area contributed by atoms with Crippen LogP contribution >= 0.6 is 23.4 Å². The van der Waals surface area contributed by atoms with Gasteiger partial charge in [-0.1, -0.05) is 50.1 Å². The summed E-state index contributed by atoms with van der Waals surface area (Å²) in [5.74, 6) is -0.108. The van der Waals surface area contributed by atoms with Crippen LogP contribution in [0.15, 0.2) is 46.1 Å². The highest BCUT2D eigenvalue weighted by Crippen LogP contribution is 2.43. The van der Waals surface area contributed by atoms with Gasteiger partial charge in [0.1, 0.15) is 0 Å². The number of carbonyl (C=O) groups excluding carboxylic acids is 1. The number of nitriles is 1. The van der Waals surface area contributed by atoms with Crippen LogP contribution in [0.5, 0.6) is 0 Å². The fourth-order valence-corrected chi connectivity index (χ4v) is 4.06. The van der Waals surface area contributed by atoms with Gasteiger partial charge in [-0.2, -0.15) is 5.26 Å². The third-order valence-electron chi connectivity index (χ3n) is 4.03. The van der Waals surface area contributed by atoms with E-state index in [1.54, 1.807) is 24.8 Å². The summed E-state index contributed by atoms with van der Waals surface area (Å²) in [7, 11) is 0. The Hall–Kier alpha value is -1.90. The number of allylic oxidation sites excluding steroid dienone is 2. The van der Waals surface area contributed by atoms with Crippen molar-refractivity contribution in [2.24, 2.45) is 0 Å². The number of hydrogen-bond acceptors (Lipinski definition) is 5. The van der Waals surface area contributed by atoms with Crippen LogP contribution in [0, 0.1) is 11.3 Å². The highest BCUT2D eigenvalue weighted by molar-refractivity contribution is 8.03. The molecule has 1 aromatic carbocycles. The predicted molar refractivity (Wildman–Crippen MR) is 107 cm³/mol. The van der Waals surface area contributed by atoms with E-state index < -0.39 is 11.9 Å². The standard InChI is InChI=1S/C20H23ClN2O2S/c1-4-9-16-18(20(24)25-5-2)17(13-10-7-8-11-15(13)21)14(12-22)19(23-16)26-6-3/h7-8,10-11,17,23H,4-6,9H2,1-3H3/t17-/m0/s1.